The van der Waals surface area contributed by atoms with Crippen molar-refractivity contribution in [2.24, 2.45) is 4.99 Å². The zero-order valence-electron chi connectivity index (χ0n) is 13.1. The van der Waals surface area contributed by atoms with E-state index in [-0.39, 0.29) is 11.3 Å². The van der Waals surface area contributed by atoms with Gasteiger partial charge in [-0.05, 0) is 42.5 Å². The number of benzene rings is 3. The Bertz CT molecular complexity index is 906. The first-order chi connectivity index (χ1) is 12.1. The minimum atomic E-state index is -0.637. The Balaban J connectivity index is 1.74. The number of hydrogen-bond donors (Lipinski definition) is 1. The number of aliphatic imine (C=N–C) groups is 1. The molecule has 0 aliphatic carbocycles. The molecule has 25 heavy (non-hydrogen) atoms. The van der Waals surface area contributed by atoms with Crippen LogP contribution in [0, 0.1) is 10.1 Å². The molecular formula is C19H14N2O4. The number of ether oxygens (including phenoxy) is 1. The molecule has 6 nitrogen and oxygen atoms in total. The number of nitro groups is 1. The fourth-order valence-corrected chi connectivity index (χ4v) is 2.17. The Morgan fingerprint density at radius 3 is 2.28 bits per heavy atom. The van der Waals surface area contributed by atoms with Crippen molar-refractivity contribution in [3.63, 3.8) is 0 Å². The number of nitrogens with zero attached hydrogens (tertiary/aromatic N) is 2. The van der Waals surface area contributed by atoms with Gasteiger partial charge < -0.3 is 9.84 Å². The van der Waals surface area contributed by atoms with Gasteiger partial charge in [-0.15, -0.1) is 0 Å². The van der Waals surface area contributed by atoms with E-state index in [4.69, 9.17) is 4.74 Å². The fraction of sp³-hybridized carbons (Fsp3) is 0. The molecule has 124 valence electrons. The molecule has 0 bridgehead atoms. The highest BCUT2D eigenvalue weighted by Gasteiger charge is 2.14. The highest BCUT2D eigenvalue weighted by molar-refractivity contribution is 5.87. The second-order valence-electron chi connectivity index (χ2n) is 5.14. The fourth-order valence-electron chi connectivity index (χ4n) is 2.17. The maximum absolute atomic E-state index is 10.8. The third-order valence-corrected chi connectivity index (χ3v) is 3.41. The molecular weight excluding hydrogens is 320 g/mol. The lowest BCUT2D eigenvalue weighted by Crippen LogP contribution is -1.91. The van der Waals surface area contributed by atoms with E-state index >= 15 is 0 Å². The number of nitro benzene ring substituents is 1. The summed E-state index contributed by atoms with van der Waals surface area (Å²) in [6.45, 7) is 0. The largest absolute Gasteiger partial charge is 0.502 e. The van der Waals surface area contributed by atoms with Crippen LogP contribution >= 0.6 is 0 Å². The van der Waals surface area contributed by atoms with Gasteiger partial charge in [0.15, 0.2) is 0 Å². The molecule has 0 saturated carbocycles. The molecule has 0 amide bonds. The Kier molecular flexibility index (Phi) is 4.71. The van der Waals surface area contributed by atoms with Crippen LogP contribution in [0.2, 0.25) is 0 Å². The summed E-state index contributed by atoms with van der Waals surface area (Å²) in [4.78, 5) is 14.4. The number of hydrogen-bond acceptors (Lipinski definition) is 5. The minimum Gasteiger partial charge on any atom is -0.502 e. The van der Waals surface area contributed by atoms with E-state index in [9.17, 15) is 15.2 Å². The van der Waals surface area contributed by atoms with E-state index in [0.717, 1.165) is 5.75 Å². The van der Waals surface area contributed by atoms with Crippen LogP contribution in [-0.2, 0) is 0 Å². The van der Waals surface area contributed by atoms with E-state index in [1.807, 2.05) is 30.3 Å². The van der Waals surface area contributed by atoms with Crippen molar-refractivity contribution < 1.29 is 14.8 Å². The topological polar surface area (TPSA) is 85.0 Å². The van der Waals surface area contributed by atoms with Gasteiger partial charge in [-0.3, -0.25) is 15.1 Å². The molecule has 0 saturated heterocycles. The third kappa shape index (κ3) is 4.00. The third-order valence-electron chi connectivity index (χ3n) is 3.41. The normalized spacial score (nSPS) is 10.7. The number of phenols is 1. The maximum Gasteiger partial charge on any atom is 0.311 e. The van der Waals surface area contributed by atoms with Crippen LogP contribution in [0.15, 0.2) is 77.8 Å². The lowest BCUT2D eigenvalue weighted by Gasteiger charge is -2.05. The van der Waals surface area contributed by atoms with Crippen molar-refractivity contribution in [1.29, 1.82) is 0 Å². The van der Waals surface area contributed by atoms with Crippen LogP contribution in [0.4, 0.5) is 11.4 Å². The summed E-state index contributed by atoms with van der Waals surface area (Å²) >= 11 is 0. The SMILES string of the molecule is O=[N+]([O-])c1cccc(C=Nc2ccc(Oc3ccccc3)cc2)c1O. The van der Waals surface area contributed by atoms with E-state index in [1.165, 1.54) is 18.3 Å². The van der Waals surface area contributed by atoms with Gasteiger partial charge in [0, 0.05) is 17.8 Å². The predicted molar refractivity (Wildman–Crippen MR) is 95.0 cm³/mol. The summed E-state index contributed by atoms with van der Waals surface area (Å²) in [5, 5.41) is 20.7. The van der Waals surface area contributed by atoms with Crippen molar-refractivity contribution in [3.05, 3.63) is 88.5 Å². The van der Waals surface area contributed by atoms with Gasteiger partial charge in [-0.2, -0.15) is 0 Å². The number of para-hydroxylation sites is 2. The molecule has 0 radical (unpaired) electrons. The number of phenolic OH excluding ortho intramolecular Hbond substituents is 1. The number of aromatic hydroxyl groups is 1. The molecule has 6 heteroatoms. The molecule has 0 spiro atoms. The van der Waals surface area contributed by atoms with Crippen molar-refractivity contribution >= 4 is 17.6 Å². The van der Waals surface area contributed by atoms with Crippen molar-refractivity contribution in [2.75, 3.05) is 0 Å². The molecule has 3 rings (SSSR count). The van der Waals surface area contributed by atoms with Crippen molar-refractivity contribution in [3.8, 4) is 17.2 Å². The summed E-state index contributed by atoms with van der Waals surface area (Å²) in [5.41, 5.74) is 0.556. The number of rotatable bonds is 5. The van der Waals surface area contributed by atoms with Gasteiger partial charge in [0.25, 0.3) is 0 Å². The van der Waals surface area contributed by atoms with Gasteiger partial charge >= 0.3 is 5.69 Å². The molecule has 0 aromatic heterocycles. The second kappa shape index (κ2) is 7.27. The highest BCUT2D eigenvalue weighted by Crippen LogP contribution is 2.29. The van der Waals surface area contributed by atoms with E-state index in [2.05, 4.69) is 4.99 Å². The van der Waals surface area contributed by atoms with Gasteiger partial charge in [-0.25, -0.2) is 0 Å². The van der Waals surface area contributed by atoms with Gasteiger partial charge in [0.1, 0.15) is 11.5 Å². The summed E-state index contributed by atoms with van der Waals surface area (Å²) in [6, 6.07) is 20.7. The highest BCUT2D eigenvalue weighted by atomic mass is 16.6. The molecule has 3 aromatic carbocycles. The molecule has 0 aliphatic rings. The molecule has 0 fully saturated rings. The summed E-state index contributed by atoms with van der Waals surface area (Å²) in [6.07, 6.45) is 1.38. The van der Waals surface area contributed by atoms with Crippen LogP contribution < -0.4 is 4.74 Å². The minimum absolute atomic E-state index is 0.277. The predicted octanol–water partition coefficient (Wildman–Crippen LogP) is 4.84. The van der Waals surface area contributed by atoms with Crippen molar-refractivity contribution in [2.45, 2.75) is 0 Å². The zero-order valence-corrected chi connectivity index (χ0v) is 13.1. The van der Waals surface area contributed by atoms with Gasteiger partial charge in [-0.1, -0.05) is 24.3 Å². The van der Waals surface area contributed by atoms with Gasteiger partial charge in [0.2, 0.25) is 5.75 Å². The lowest BCUT2D eigenvalue weighted by molar-refractivity contribution is -0.385. The molecule has 0 aliphatic heterocycles. The lowest BCUT2D eigenvalue weighted by atomic mass is 10.2. The Morgan fingerprint density at radius 2 is 1.60 bits per heavy atom. The second-order valence-corrected chi connectivity index (χ2v) is 5.14. The Hall–Kier alpha value is -3.67. The first-order valence-electron chi connectivity index (χ1n) is 7.47. The van der Waals surface area contributed by atoms with Crippen LogP contribution in [-0.4, -0.2) is 16.2 Å². The van der Waals surface area contributed by atoms with Gasteiger partial charge in [0.05, 0.1) is 10.6 Å². The zero-order chi connectivity index (χ0) is 17.6. The van der Waals surface area contributed by atoms with Crippen LogP contribution in [0.25, 0.3) is 0 Å². The summed E-state index contributed by atoms with van der Waals surface area (Å²) < 4.78 is 5.69. The van der Waals surface area contributed by atoms with Crippen LogP contribution in [0.5, 0.6) is 17.2 Å². The molecule has 0 atom stereocenters. The monoisotopic (exact) mass is 334 g/mol. The molecule has 3 aromatic rings. The standard InChI is InChI=1S/C19H14N2O4/c22-19-14(5-4-8-18(19)21(23)24)13-20-15-9-11-17(12-10-15)25-16-6-2-1-3-7-16/h1-13,22H. The van der Waals surface area contributed by atoms with Crippen molar-refractivity contribution in [1.82, 2.24) is 0 Å². The maximum atomic E-state index is 10.8. The van der Waals surface area contributed by atoms with Crippen LogP contribution in [0.1, 0.15) is 5.56 Å². The Morgan fingerprint density at radius 1 is 0.920 bits per heavy atom. The average molecular weight is 334 g/mol. The quantitative estimate of drug-likeness (QED) is 0.411. The van der Waals surface area contributed by atoms with E-state index < -0.39 is 10.7 Å². The first-order valence-corrected chi connectivity index (χ1v) is 7.47. The summed E-state index contributed by atoms with van der Waals surface area (Å²) in [5.74, 6) is 1.00. The van der Waals surface area contributed by atoms with E-state index in [1.54, 1.807) is 30.3 Å². The molecule has 0 heterocycles. The molecule has 0 unspecified atom stereocenters. The average Bonchev–Trinajstić information content (AvgIpc) is 2.63. The Labute approximate surface area is 143 Å². The molecule has 1 N–H and O–H groups in total. The smallest absolute Gasteiger partial charge is 0.311 e. The van der Waals surface area contributed by atoms with E-state index in [0.29, 0.717) is 11.4 Å². The van der Waals surface area contributed by atoms with Crippen LogP contribution in [0.3, 0.4) is 0 Å². The first kappa shape index (κ1) is 16.2. The summed E-state index contributed by atoms with van der Waals surface area (Å²) in [7, 11) is 0.